The number of rotatable bonds is 4. The van der Waals surface area contributed by atoms with Crippen LogP contribution in [0.1, 0.15) is 40.5 Å². The van der Waals surface area contributed by atoms with Crippen LogP contribution < -0.4 is 15.7 Å². The molecule has 1 aromatic carbocycles. The van der Waals surface area contributed by atoms with Crippen LogP contribution in [0.15, 0.2) is 39.8 Å². The highest BCUT2D eigenvalue weighted by Gasteiger charge is 2.32. The molecule has 0 radical (unpaired) electrons. The number of aromatic nitrogens is 4. The van der Waals surface area contributed by atoms with Crippen LogP contribution in [0.5, 0.6) is 5.75 Å². The molecule has 0 saturated heterocycles. The molecule has 1 amide bonds. The Hall–Kier alpha value is -3.88. The number of amides is 1. The molecule has 0 saturated carbocycles. The number of H-pyrrole nitrogens is 1. The molecule has 158 valence electrons. The van der Waals surface area contributed by atoms with Crippen LogP contribution in [0.3, 0.4) is 0 Å². The van der Waals surface area contributed by atoms with Crippen molar-refractivity contribution in [2.24, 2.45) is 0 Å². The summed E-state index contributed by atoms with van der Waals surface area (Å²) in [6, 6.07) is 6.80. The molecule has 9 heteroatoms. The predicted octanol–water partition coefficient (Wildman–Crippen LogP) is 2.73. The number of aryl methyl sites for hydroxylation is 2. The minimum absolute atomic E-state index is 0.179. The van der Waals surface area contributed by atoms with E-state index in [9.17, 15) is 9.59 Å². The van der Waals surface area contributed by atoms with Crippen molar-refractivity contribution in [3.05, 3.63) is 63.7 Å². The zero-order chi connectivity index (χ0) is 21.7. The lowest BCUT2D eigenvalue weighted by atomic mass is 9.99. The molecule has 1 atom stereocenters. The van der Waals surface area contributed by atoms with E-state index in [0.29, 0.717) is 34.7 Å². The second kappa shape index (κ2) is 7.12. The van der Waals surface area contributed by atoms with Crippen molar-refractivity contribution in [3.8, 4) is 16.9 Å². The Morgan fingerprint density at radius 3 is 2.90 bits per heavy atom. The van der Waals surface area contributed by atoms with Crippen LogP contribution in [-0.2, 0) is 0 Å². The number of carbonyl (C=O) groups excluding carboxylic acids is 1. The molecule has 2 N–H and O–H groups in total. The number of ether oxygens (including phenoxy) is 1. The molecule has 1 aliphatic rings. The van der Waals surface area contributed by atoms with Crippen molar-refractivity contribution in [3.63, 3.8) is 0 Å². The molecule has 9 nitrogen and oxygen atoms in total. The fourth-order valence-electron chi connectivity index (χ4n) is 4.28. The molecule has 4 aromatic rings. The molecule has 3 aromatic heterocycles. The van der Waals surface area contributed by atoms with Gasteiger partial charge in [0.25, 0.3) is 5.91 Å². The number of pyridine rings is 1. The van der Waals surface area contributed by atoms with Gasteiger partial charge in [0.2, 0.25) is 0 Å². The number of imidazole rings is 1. The molecular weight excluding hydrogens is 398 g/mol. The van der Waals surface area contributed by atoms with Gasteiger partial charge in [-0.1, -0.05) is 11.2 Å². The molecule has 0 fully saturated rings. The lowest BCUT2D eigenvalue weighted by Crippen LogP contribution is -2.33. The van der Waals surface area contributed by atoms with E-state index in [0.717, 1.165) is 16.8 Å². The lowest BCUT2D eigenvalue weighted by Gasteiger charge is -2.27. The van der Waals surface area contributed by atoms with Crippen molar-refractivity contribution in [1.29, 1.82) is 0 Å². The van der Waals surface area contributed by atoms with Crippen LogP contribution in [-0.4, -0.2) is 38.8 Å². The number of carbonyl (C=O) groups is 1. The Kier molecular flexibility index (Phi) is 4.39. The summed E-state index contributed by atoms with van der Waals surface area (Å²) in [6.07, 6.45) is 1.57. The summed E-state index contributed by atoms with van der Waals surface area (Å²) < 4.78 is 13.2. The maximum Gasteiger partial charge on any atom is 0.327 e. The maximum atomic E-state index is 13.0. The molecule has 1 aliphatic heterocycles. The lowest BCUT2D eigenvalue weighted by molar-refractivity contribution is 0.0948. The quantitative estimate of drug-likeness (QED) is 0.526. The van der Waals surface area contributed by atoms with Crippen molar-refractivity contribution in [1.82, 2.24) is 25.0 Å². The zero-order valence-corrected chi connectivity index (χ0v) is 17.4. The van der Waals surface area contributed by atoms with Gasteiger partial charge in [0.05, 0.1) is 16.8 Å². The highest BCUT2D eigenvalue weighted by atomic mass is 16.5. The average molecular weight is 419 g/mol. The summed E-state index contributed by atoms with van der Waals surface area (Å²) in [5.41, 5.74) is 4.34. The van der Waals surface area contributed by atoms with Gasteiger partial charge in [0.1, 0.15) is 29.6 Å². The Morgan fingerprint density at radius 2 is 2.16 bits per heavy atom. The smallest absolute Gasteiger partial charge is 0.327 e. The minimum Gasteiger partial charge on any atom is -0.488 e. The Balaban J connectivity index is 1.74. The van der Waals surface area contributed by atoms with Gasteiger partial charge in [-0.05, 0) is 39.0 Å². The molecule has 0 bridgehead atoms. The topological polar surface area (TPSA) is 115 Å². The SMILES string of the molecule is CCNC(=O)c1ncccc1[C@H]1COc2c(-c3c(C)noc3C)ccc3[nH]c(=O)n1c23. The van der Waals surface area contributed by atoms with Gasteiger partial charge in [-0.2, -0.15) is 0 Å². The number of aromatic amines is 1. The van der Waals surface area contributed by atoms with E-state index in [4.69, 9.17) is 9.26 Å². The van der Waals surface area contributed by atoms with Crippen molar-refractivity contribution in [2.45, 2.75) is 26.8 Å². The van der Waals surface area contributed by atoms with Crippen molar-refractivity contribution < 1.29 is 14.1 Å². The molecule has 31 heavy (non-hydrogen) atoms. The monoisotopic (exact) mass is 419 g/mol. The molecule has 0 spiro atoms. The van der Waals surface area contributed by atoms with Gasteiger partial charge >= 0.3 is 5.69 Å². The van der Waals surface area contributed by atoms with E-state index in [1.54, 1.807) is 22.9 Å². The zero-order valence-electron chi connectivity index (χ0n) is 17.4. The van der Waals surface area contributed by atoms with Crippen LogP contribution >= 0.6 is 0 Å². The highest BCUT2D eigenvalue weighted by molar-refractivity contribution is 5.95. The van der Waals surface area contributed by atoms with Crippen LogP contribution in [0.25, 0.3) is 22.2 Å². The number of benzene rings is 1. The Morgan fingerprint density at radius 1 is 1.32 bits per heavy atom. The normalized spacial score (nSPS) is 15.1. The van der Waals surface area contributed by atoms with Gasteiger partial charge in [0.15, 0.2) is 5.75 Å². The third-order valence-electron chi connectivity index (χ3n) is 5.58. The second-order valence-electron chi connectivity index (χ2n) is 7.47. The van der Waals surface area contributed by atoms with E-state index in [1.807, 2.05) is 32.9 Å². The number of hydrogen-bond donors (Lipinski definition) is 2. The summed E-state index contributed by atoms with van der Waals surface area (Å²) in [6.45, 7) is 6.21. The standard InChI is InChI=1S/C22H21N5O4/c1-4-23-21(28)18-13(6-5-9-24-18)16-10-30-20-14(17-11(2)26-31-12(17)3)7-8-15-19(20)27(16)22(29)25-15/h5-9,16H,4,10H2,1-3H3,(H,23,28)(H,25,29)/t16-/m1/s1. The van der Waals surface area contributed by atoms with Crippen molar-refractivity contribution >= 4 is 16.9 Å². The second-order valence-corrected chi connectivity index (χ2v) is 7.47. The fourth-order valence-corrected chi connectivity index (χ4v) is 4.28. The van der Waals surface area contributed by atoms with E-state index in [-0.39, 0.29) is 23.9 Å². The van der Waals surface area contributed by atoms with E-state index >= 15 is 0 Å². The summed E-state index contributed by atoms with van der Waals surface area (Å²) in [5.74, 6) is 0.979. The number of nitrogens with one attached hydrogen (secondary N) is 2. The molecular formula is C22H21N5O4. The number of hydrogen-bond acceptors (Lipinski definition) is 6. The van der Waals surface area contributed by atoms with Gasteiger partial charge in [-0.3, -0.25) is 14.3 Å². The summed E-state index contributed by atoms with van der Waals surface area (Å²) in [7, 11) is 0. The first kappa shape index (κ1) is 19.1. The maximum absolute atomic E-state index is 13.0. The van der Waals surface area contributed by atoms with Gasteiger partial charge in [-0.15, -0.1) is 0 Å². The Labute approximate surface area is 177 Å². The first-order valence-electron chi connectivity index (χ1n) is 10.1. The van der Waals surface area contributed by atoms with Gasteiger partial charge in [-0.25, -0.2) is 4.79 Å². The average Bonchev–Trinajstić information content (AvgIpc) is 3.29. The largest absolute Gasteiger partial charge is 0.488 e. The first-order chi connectivity index (χ1) is 15.0. The third-order valence-corrected chi connectivity index (χ3v) is 5.58. The molecule has 4 heterocycles. The van der Waals surface area contributed by atoms with E-state index < -0.39 is 6.04 Å². The molecule has 0 aliphatic carbocycles. The van der Waals surface area contributed by atoms with Gasteiger partial charge < -0.3 is 19.6 Å². The first-order valence-corrected chi connectivity index (χ1v) is 10.1. The van der Waals surface area contributed by atoms with Crippen molar-refractivity contribution in [2.75, 3.05) is 13.2 Å². The van der Waals surface area contributed by atoms with Crippen LogP contribution in [0, 0.1) is 13.8 Å². The molecule has 5 rings (SSSR count). The fraction of sp³-hybridized carbons (Fsp3) is 0.273. The van der Waals surface area contributed by atoms with E-state index in [2.05, 4.69) is 20.4 Å². The summed E-state index contributed by atoms with van der Waals surface area (Å²) >= 11 is 0. The van der Waals surface area contributed by atoms with E-state index in [1.165, 1.54) is 0 Å². The third kappa shape index (κ3) is 2.84. The predicted molar refractivity (Wildman–Crippen MR) is 113 cm³/mol. The molecule has 0 unspecified atom stereocenters. The van der Waals surface area contributed by atoms with Gasteiger partial charge in [0, 0.05) is 23.9 Å². The number of nitrogens with zero attached hydrogens (tertiary/aromatic N) is 3. The summed E-state index contributed by atoms with van der Waals surface area (Å²) in [5, 5.41) is 6.82. The van der Waals surface area contributed by atoms with Crippen LogP contribution in [0.4, 0.5) is 0 Å². The Bertz CT molecular complexity index is 1360. The summed E-state index contributed by atoms with van der Waals surface area (Å²) in [4.78, 5) is 32.7. The van der Waals surface area contributed by atoms with Crippen LogP contribution in [0.2, 0.25) is 0 Å². The minimum atomic E-state index is -0.500. The highest BCUT2D eigenvalue weighted by Crippen LogP contribution is 2.43.